The molecular formula is C21H43NO5. The summed E-state index contributed by atoms with van der Waals surface area (Å²) in [7, 11) is 0. The Balaban J connectivity index is 3.22. The van der Waals surface area contributed by atoms with E-state index in [2.05, 4.69) is 33.0 Å². The maximum atomic E-state index is 11.8. The molecule has 0 saturated carbocycles. The van der Waals surface area contributed by atoms with Crippen LogP contribution in [0.5, 0.6) is 0 Å². The summed E-state index contributed by atoms with van der Waals surface area (Å²) in [6, 6.07) is 0.594. The number of nitrogens with one attached hydrogen (secondary N) is 1. The average molecular weight is 390 g/mol. The van der Waals surface area contributed by atoms with E-state index in [9.17, 15) is 4.79 Å². The van der Waals surface area contributed by atoms with Crippen LogP contribution >= 0.6 is 0 Å². The maximum Gasteiger partial charge on any atom is 0.138 e. The van der Waals surface area contributed by atoms with Gasteiger partial charge in [-0.15, -0.1) is 0 Å². The minimum absolute atomic E-state index is 0.187. The maximum absolute atomic E-state index is 11.8. The molecule has 0 aromatic carbocycles. The van der Waals surface area contributed by atoms with Crippen LogP contribution in [0.2, 0.25) is 0 Å². The zero-order valence-corrected chi connectivity index (χ0v) is 18.1. The van der Waals surface area contributed by atoms with Crippen LogP contribution in [0.25, 0.3) is 0 Å². The lowest BCUT2D eigenvalue weighted by Crippen LogP contribution is -2.31. The molecule has 0 atom stereocenters. The predicted molar refractivity (Wildman–Crippen MR) is 109 cm³/mol. The van der Waals surface area contributed by atoms with Gasteiger partial charge in [0.05, 0.1) is 52.9 Å². The van der Waals surface area contributed by atoms with Gasteiger partial charge in [0, 0.05) is 24.9 Å². The molecule has 0 saturated heterocycles. The molecule has 6 nitrogen and oxygen atoms in total. The molecule has 0 rings (SSSR count). The van der Waals surface area contributed by atoms with E-state index in [1.54, 1.807) is 0 Å². The fraction of sp³-hybridized carbons (Fsp3) is 0.952. The van der Waals surface area contributed by atoms with E-state index in [0.29, 0.717) is 71.1 Å². The molecule has 0 aliphatic rings. The molecule has 0 bridgehead atoms. The summed E-state index contributed by atoms with van der Waals surface area (Å²) in [4.78, 5) is 11.8. The summed E-state index contributed by atoms with van der Waals surface area (Å²) >= 11 is 0. The molecule has 0 heterocycles. The van der Waals surface area contributed by atoms with Gasteiger partial charge in [-0.2, -0.15) is 0 Å². The summed E-state index contributed by atoms with van der Waals surface area (Å²) in [5.41, 5.74) is 0. The first-order chi connectivity index (χ1) is 13.2. The first-order valence-electron chi connectivity index (χ1n) is 10.8. The molecule has 1 N–H and O–H groups in total. The van der Waals surface area contributed by atoms with E-state index in [0.717, 1.165) is 32.2 Å². The number of hydrogen-bond acceptors (Lipinski definition) is 6. The van der Waals surface area contributed by atoms with E-state index in [1.165, 1.54) is 0 Å². The first kappa shape index (κ1) is 26.5. The van der Waals surface area contributed by atoms with E-state index in [1.807, 2.05) is 0 Å². The van der Waals surface area contributed by atoms with Crippen molar-refractivity contribution in [3.63, 3.8) is 0 Å². The third-order valence-electron chi connectivity index (χ3n) is 4.71. The van der Waals surface area contributed by atoms with E-state index in [-0.39, 0.29) is 5.92 Å². The lowest BCUT2D eigenvalue weighted by Gasteiger charge is -2.14. The normalized spacial score (nSPS) is 11.6. The van der Waals surface area contributed by atoms with Crippen LogP contribution in [0, 0.1) is 5.92 Å². The summed E-state index contributed by atoms with van der Waals surface area (Å²) in [5.74, 6) is 0.495. The number of ketones is 1. The smallest absolute Gasteiger partial charge is 0.138 e. The zero-order valence-electron chi connectivity index (χ0n) is 18.1. The van der Waals surface area contributed by atoms with Crippen molar-refractivity contribution in [3.05, 3.63) is 0 Å². The molecule has 27 heavy (non-hydrogen) atoms. The van der Waals surface area contributed by atoms with Gasteiger partial charge in [0.1, 0.15) is 5.78 Å². The van der Waals surface area contributed by atoms with E-state index >= 15 is 0 Å². The largest absolute Gasteiger partial charge is 0.379 e. The third-order valence-corrected chi connectivity index (χ3v) is 4.71. The Labute approximate surface area is 166 Å². The van der Waals surface area contributed by atoms with Crippen molar-refractivity contribution in [1.29, 1.82) is 0 Å². The second-order valence-corrected chi connectivity index (χ2v) is 6.65. The van der Waals surface area contributed by atoms with Gasteiger partial charge in [0.15, 0.2) is 0 Å². The van der Waals surface area contributed by atoms with Gasteiger partial charge >= 0.3 is 0 Å². The lowest BCUT2D eigenvalue weighted by atomic mass is 9.96. The first-order valence-corrected chi connectivity index (χ1v) is 10.8. The Morgan fingerprint density at radius 2 is 1.11 bits per heavy atom. The van der Waals surface area contributed by atoms with Crippen molar-refractivity contribution >= 4 is 5.78 Å². The summed E-state index contributed by atoms with van der Waals surface area (Å²) < 4.78 is 21.9. The van der Waals surface area contributed by atoms with Crippen LogP contribution in [-0.2, 0) is 23.7 Å². The minimum atomic E-state index is 0.187. The Bertz CT molecular complexity index is 320. The van der Waals surface area contributed by atoms with E-state index in [4.69, 9.17) is 18.9 Å². The molecule has 0 unspecified atom stereocenters. The van der Waals surface area contributed by atoms with Crippen molar-refractivity contribution in [2.75, 3.05) is 59.4 Å². The van der Waals surface area contributed by atoms with Gasteiger partial charge in [0.2, 0.25) is 0 Å². The molecule has 0 amide bonds. The number of rotatable bonds is 21. The van der Waals surface area contributed by atoms with Crippen molar-refractivity contribution in [1.82, 2.24) is 5.32 Å². The zero-order chi connectivity index (χ0) is 20.2. The number of carbonyl (C=O) groups is 1. The number of ether oxygens (including phenoxy) is 4. The van der Waals surface area contributed by atoms with Gasteiger partial charge in [-0.05, 0) is 25.7 Å². The molecule has 0 radical (unpaired) electrons. The van der Waals surface area contributed by atoms with E-state index < -0.39 is 0 Å². The summed E-state index contributed by atoms with van der Waals surface area (Å²) in [6.07, 6.45) is 4.64. The van der Waals surface area contributed by atoms with Crippen molar-refractivity contribution in [3.8, 4) is 0 Å². The van der Waals surface area contributed by atoms with Crippen LogP contribution in [-0.4, -0.2) is 71.2 Å². The Morgan fingerprint density at radius 3 is 1.56 bits per heavy atom. The minimum Gasteiger partial charge on any atom is -0.379 e. The predicted octanol–water partition coefficient (Wildman–Crippen LogP) is 3.23. The molecular weight excluding hydrogens is 346 g/mol. The highest BCUT2D eigenvalue weighted by molar-refractivity contribution is 5.80. The van der Waals surface area contributed by atoms with Crippen molar-refractivity contribution < 1.29 is 23.7 Å². The highest BCUT2D eigenvalue weighted by atomic mass is 16.6. The molecule has 0 aromatic heterocycles. The quantitative estimate of drug-likeness (QED) is 0.304. The van der Waals surface area contributed by atoms with Gasteiger partial charge in [-0.25, -0.2) is 0 Å². The molecule has 162 valence electrons. The molecule has 0 aliphatic heterocycles. The van der Waals surface area contributed by atoms with Crippen molar-refractivity contribution in [2.45, 2.75) is 65.8 Å². The van der Waals surface area contributed by atoms with Crippen LogP contribution in [0.4, 0.5) is 0 Å². The standard InChI is InChI=1S/C21H43NO5/c1-5-19(6-2)21(23)9-11-24-13-15-26-17-18-27-16-14-25-12-10-22-20(7-3)8-4/h19-20,22H,5-18H2,1-4H3. The monoisotopic (exact) mass is 389 g/mol. The Hall–Kier alpha value is -0.530. The summed E-state index contributed by atoms with van der Waals surface area (Å²) in [6.45, 7) is 13.9. The second kappa shape index (κ2) is 20.2. The van der Waals surface area contributed by atoms with Crippen LogP contribution in [0.15, 0.2) is 0 Å². The SMILES string of the molecule is CCC(CC)NCCOCCOCCOCCOCCC(=O)C(CC)CC. The topological polar surface area (TPSA) is 66.0 Å². The number of Topliss-reactive ketones (excluding diaryl/α,β-unsaturated/α-hetero) is 1. The highest BCUT2D eigenvalue weighted by Crippen LogP contribution is 2.10. The lowest BCUT2D eigenvalue weighted by molar-refractivity contribution is -0.124. The van der Waals surface area contributed by atoms with Crippen LogP contribution in [0.1, 0.15) is 59.8 Å². The molecule has 6 heteroatoms. The molecule has 0 aliphatic carbocycles. The molecule has 0 fully saturated rings. The number of carbonyl (C=O) groups excluding carboxylic acids is 1. The Morgan fingerprint density at radius 1 is 0.667 bits per heavy atom. The van der Waals surface area contributed by atoms with Gasteiger partial charge in [0.25, 0.3) is 0 Å². The summed E-state index contributed by atoms with van der Waals surface area (Å²) in [5, 5.41) is 3.46. The average Bonchev–Trinajstić information content (AvgIpc) is 2.68. The second-order valence-electron chi connectivity index (χ2n) is 6.65. The van der Waals surface area contributed by atoms with Crippen LogP contribution in [0.3, 0.4) is 0 Å². The molecule has 0 aromatic rings. The van der Waals surface area contributed by atoms with Crippen molar-refractivity contribution in [2.24, 2.45) is 5.92 Å². The molecule has 0 spiro atoms. The highest BCUT2D eigenvalue weighted by Gasteiger charge is 2.13. The van der Waals surface area contributed by atoms with Crippen LogP contribution < -0.4 is 5.32 Å². The fourth-order valence-corrected chi connectivity index (χ4v) is 2.80. The number of hydrogen-bond donors (Lipinski definition) is 1. The van der Waals surface area contributed by atoms with Gasteiger partial charge < -0.3 is 24.3 Å². The van der Waals surface area contributed by atoms with Gasteiger partial charge in [-0.3, -0.25) is 4.79 Å². The van der Waals surface area contributed by atoms with Gasteiger partial charge in [-0.1, -0.05) is 27.7 Å². The fourth-order valence-electron chi connectivity index (χ4n) is 2.80. The third kappa shape index (κ3) is 16.2. The Kier molecular flexibility index (Phi) is 19.8.